The molecule has 1 N–H and O–H groups in total. The lowest BCUT2D eigenvalue weighted by Gasteiger charge is -2.51. The monoisotopic (exact) mass is 288 g/mol. The van der Waals surface area contributed by atoms with Crippen LogP contribution in [0.5, 0.6) is 0 Å². The van der Waals surface area contributed by atoms with Crippen molar-refractivity contribution in [2.45, 2.75) is 63.6 Å². The van der Waals surface area contributed by atoms with Crippen molar-refractivity contribution in [1.29, 1.82) is 0 Å². The van der Waals surface area contributed by atoms with Crippen LogP contribution in [0.2, 0.25) is 0 Å². The average Bonchev–Trinajstić information content (AvgIpc) is 2.79. The van der Waals surface area contributed by atoms with E-state index in [0.29, 0.717) is 24.2 Å². The van der Waals surface area contributed by atoms with Gasteiger partial charge in [-0.1, -0.05) is 31.2 Å². The predicted octanol–water partition coefficient (Wildman–Crippen LogP) is 4.24. The molecule has 1 aromatic carbocycles. The molecule has 4 rings (SSSR count). The fraction of sp³-hybridized carbons (Fsp3) is 0.684. The SMILES string of the molecule is CC[C@]12CC[C@@H]3c4ccccc4CC[C@H]3[C@@H]1C[C@@H](F)[C@H]2O. The molecule has 2 heteroatoms. The van der Waals surface area contributed by atoms with Crippen LogP contribution < -0.4 is 0 Å². The van der Waals surface area contributed by atoms with Crippen molar-refractivity contribution in [2.75, 3.05) is 0 Å². The molecule has 0 radical (unpaired) electrons. The van der Waals surface area contributed by atoms with E-state index in [1.807, 2.05) is 0 Å². The number of hydrogen-bond donors (Lipinski definition) is 1. The summed E-state index contributed by atoms with van der Waals surface area (Å²) >= 11 is 0. The van der Waals surface area contributed by atoms with Gasteiger partial charge in [0.15, 0.2) is 0 Å². The summed E-state index contributed by atoms with van der Waals surface area (Å²) in [5.74, 6) is 1.54. The number of rotatable bonds is 1. The van der Waals surface area contributed by atoms with Crippen molar-refractivity contribution in [1.82, 2.24) is 0 Å². The van der Waals surface area contributed by atoms with E-state index in [1.54, 1.807) is 0 Å². The summed E-state index contributed by atoms with van der Waals surface area (Å²) < 4.78 is 14.3. The van der Waals surface area contributed by atoms with Gasteiger partial charge in [-0.3, -0.25) is 0 Å². The Hall–Kier alpha value is -0.890. The number of aliphatic hydroxyl groups excluding tert-OH is 1. The molecule has 2 fully saturated rings. The van der Waals surface area contributed by atoms with Gasteiger partial charge in [-0.2, -0.15) is 0 Å². The van der Waals surface area contributed by atoms with Gasteiger partial charge in [-0.15, -0.1) is 0 Å². The van der Waals surface area contributed by atoms with E-state index in [-0.39, 0.29) is 5.41 Å². The van der Waals surface area contributed by atoms with Crippen LogP contribution in [0.4, 0.5) is 4.39 Å². The lowest BCUT2D eigenvalue weighted by molar-refractivity contribution is -0.0520. The summed E-state index contributed by atoms with van der Waals surface area (Å²) in [4.78, 5) is 0. The van der Waals surface area contributed by atoms with E-state index >= 15 is 0 Å². The first-order valence-electron chi connectivity index (χ1n) is 8.57. The number of aliphatic hydroxyl groups is 1. The second kappa shape index (κ2) is 4.81. The van der Waals surface area contributed by atoms with Gasteiger partial charge in [0.25, 0.3) is 0 Å². The Morgan fingerprint density at radius 2 is 2.10 bits per heavy atom. The maximum absolute atomic E-state index is 14.3. The molecule has 0 spiro atoms. The fourth-order valence-corrected chi connectivity index (χ4v) is 5.92. The van der Waals surface area contributed by atoms with E-state index in [1.165, 1.54) is 17.5 Å². The first kappa shape index (κ1) is 13.8. The second-order valence-corrected chi connectivity index (χ2v) is 7.44. The van der Waals surface area contributed by atoms with E-state index in [0.717, 1.165) is 25.7 Å². The van der Waals surface area contributed by atoms with Crippen LogP contribution >= 0.6 is 0 Å². The number of alkyl halides is 1. The first-order valence-corrected chi connectivity index (χ1v) is 8.57. The minimum absolute atomic E-state index is 0.146. The van der Waals surface area contributed by atoms with Crippen molar-refractivity contribution < 1.29 is 9.50 Å². The summed E-state index contributed by atoms with van der Waals surface area (Å²) in [6, 6.07) is 8.82. The van der Waals surface area contributed by atoms with Gasteiger partial charge < -0.3 is 5.11 Å². The highest BCUT2D eigenvalue weighted by atomic mass is 19.1. The Morgan fingerprint density at radius 3 is 2.90 bits per heavy atom. The molecule has 1 aromatic rings. The number of aryl methyl sites for hydroxylation is 1. The van der Waals surface area contributed by atoms with Crippen LogP contribution in [0.25, 0.3) is 0 Å². The second-order valence-electron chi connectivity index (χ2n) is 7.44. The Bertz CT molecular complexity index is 542. The van der Waals surface area contributed by atoms with E-state index in [4.69, 9.17) is 0 Å². The molecule has 3 aliphatic rings. The molecular weight excluding hydrogens is 263 g/mol. The van der Waals surface area contributed by atoms with Crippen molar-refractivity contribution >= 4 is 0 Å². The minimum Gasteiger partial charge on any atom is -0.390 e. The quantitative estimate of drug-likeness (QED) is 0.819. The molecule has 1 nitrogen and oxygen atoms in total. The van der Waals surface area contributed by atoms with Crippen molar-refractivity contribution in [2.24, 2.45) is 17.3 Å². The van der Waals surface area contributed by atoms with Gasteiger partial charge in [0, 0.05) is 5.41 Å². The van der Waals surface area contributed by atoms with Gasteiger partial charge in [0.1, 0.15) is 6.17 Å². The minimum atomic E-state index is -1.01. The summed E-state index contributed by atoms with van der Waals surface area (Å²) in [7, 11) is 0. The third-order valence-corrected chi connectivity index (χ3v) is 6.96. The third kappa shape index (κ3) is 1.78. The van der Waals surface area contributed by atoms with E-state index in [2.05, 4.69) is 31.2 Å². The number of benzene rings is 1. The van der Waals surface area contributed by atoms with Crippen molar-refractivity contribution in [3.8, 4) is 0 Å². The molecule has 0 bridgehead atoms. The maximum Gasteiger partial charge on any atom is 0.127 e. The first-order chi connectivity index (χ1) is 10.2. The Balaban J connectivity index is 1.72. The highest BCUT2D eigenvalue weighted by molar-refractivity contribution is 5.35. The average molecular weight is 288 g/mol. The van der Waals surface area contributed by atoms with Gasteiger partial charge in [-0.05, 0) is 67.4 Å². The molecule has 0 unspecified atom stereocenters. The van der Waals surface area contributed by atoms with E-state index < -0.39 is 12.3 Å². The predicted molar refractivity (Wildman–Crippen MR) is 82.0 cm³/mol. The van der Waals surface area contributed by atoms with Gasteiger partial charge >= 0.3 is 0 Å². The highest BCUT2D eigenvalue weighted by Gasteiger charge is 2.59. The van der Waals surface area contributed by atoms with E-state index in [9.17, 15) is 9.50 Å². The van der Waals surface area contributed by atoms with Crippen molar-refractivity contribution in [3.63, 3.8) is 0 Å². The van der Waals surface area contributed by atoms with Crippen LogP contribution in [-0.4, -0.2) is 17.4 Å². The summed E-state index contributed by atoms with van der Waals surface area (Å²) in [5.41, 5.74) is 2.86. The maximum atomic E-state index is 14.3. The zero-order chi connectivity index (χ0) is 14.6. The molecular formula is C19H25FO. The van der Waals surface area contributed by atoms with Gasteiger partial charge in [0.2, 0.25) is 0 Å². The molecule has 2 saturated carbocycles. The molecule has 0 amide bonds. The lowest BCUT2D eigenvalue weighted by atomic mass is 9.54. The number of halogens is 1. The molecule has 21 heavy (non-hydrogen) atoms. The smallest absolute Gasteiger partial charge is 0.127 e. The normalized spacial score (nSPS) is 44.8. The summed E-state index contributed by atoms with van der Waals surface area (Å²) in [6.45, 7) is 2.14. The zero-order valence-electron chi connectivity index (χ0n) is 12.8. The molecule has 3 aliphatic carbocycles. The number of fused-ring (bicyclic) bond motifs is 5. The molecule has 0 aromatic heterocycles. The summed E-state index contributed by atoms with van der Waals surface area (Å²) in [5, 5.41) is 10.5. The highest BCUT2D eigenvalue weighted by Crippen LogP contribution is 2.62. The van der Waals surface area contributed by atoms with Crippen LogP contribution in [0.3, 0.4) is 0 Å². The molecule has 0 aliphatic heterocycles. The molecule has 0 heterocycles. The van der Waals surface area contributed by atoms with Gasteiger partial charge in [0.05, 0.1) is 6.10 Å². The Labute approximate surface area is 126 Å². The lowest BCUT2D eigenvalue weighted by Crippen LogP contribution is -2.46. The van der Waals surface area contributed by atoms with Crippen molar-refractivity contribution in [3.05, 3.63) is 35.4 Å². The van der Waals surface area contributed by atoms with Gasteiger partial charge in [-0.25, -0.2) is 4.39 Å². The van der Waals surface area contributed by atoms with Crippen LogP contribution in [0, 0.1) is 17.3 Å². The number of hydrogen-bond acceptors (Lipinski definition) is 1. The van der Waals surface area contributed by atoms with Crippen LogP contribution in [0.15, 0.2) is 24.3 Å². The third-order valence-electron chi connectivity index (χ3n) is 6.96. The summed E-state index contributed by atoms with van der Waals surface area (Å²) in [6.07, 6.45) is 4.18. The fourth-order valence-electron chi connectivity index (χ4n) is 5.92. The zero-order valence-corrected chi connectivity index (χ0v) is 12.8. The largest absolute Gasteiger partial charge is 0.390 e. The Kier molecular flexibility index (Phi) is 3.15. The van der Waals surface area contributed by atoms with Crippen LogP contribution in [-0.2, 0) is 6.42 Å². The molecule has 6 atom stereocenters. The molecule has 0 saturated heterocycles. The Morgan fingerprint density at radius 1 is 1.29 bits per heavy atom. The molecule has 114 valence electrons. The van der Waals surface area contributed by atoms with Crippen LogP contribution in [0.1, 0.15) is 56.1 Å². The standard InChI is InChI=1S/C19H25FO/c1-2-19-10-9-14-13-6-4-3-5-12(13)7-8-15(14)16(19)11-17(20)18(19)21/h3-6,14-18,21H,2,7-11H2,1H3/t14-,15-,16+,17-,18-,19+/m1/s1. The topological polar surface area (TPSA) is 20.2 Å².